The lowest BCUT2D eigenvalue weighted by Crippen LogP contribution is -2.15. The maximum absolute atomic E-state index is 4.32. The summed E-state index contributed by atoms with van der Waals surface area (Å²) >= 11 is 0. The van der Waals surface area contributed by atoms with Crippen LogP contribution < -0.4 is 5.32 Å². The summed E-state index contributed by atoms with van der Waals surface area (Å²) in [6, 6.07) is 2.10. The van der Waals surface area contributed by atoms with Crippen molar-refractivity contribution < 1.29 is 0 Å². The molecule has 0 aliphatic heterocycles. The first-order valence-corrected chi connectivity index (χ1v) is 5.75. The molecule has 0 atom stereocenters. The third kappa shape index (κ3) is 2.55. The Kier molecular flexibility index (Phi) is 3.28. The maximum atomic E-state index is 4.32. The van der Waals surface area contributed by atoms with Gasteiger partial charge in [-0.25, -0.2) is 0 Å². The van der Waals surface area contributed by atoms with Crippen LogP contribution in [0.15, 0.2) is 12.3 Å². The summed E-state index contributed by atoms with van der Waals surface area (Å²) in [7, 11) is 3.93. The summed E-state index contributed by atoms with van der Waals surface area (Å²) in [4.78, 5) is 0. The van der Waals surface area contributed by atoms with Crippen LogP contribution >= 0.6 is 0 Å². The number of aryl methyl sites for hydroxylation is 3. The largest absolute Gasteiger partial charge is 0.307 e. The second kappa shape index (κ2) is 4.71. The van der Waals surface area contributed by atoms with Crippen molar-refractivity contribution in [1.29, 1.82) is 0 Å². The van der Waals surface area contributed by atoms with Crippen molar-refractivity contribution in [3.63, 3.8) is 0 Å². The van der Waals surface area contributed by atoms with E-state index in [1.165, 1.54) is 17.0 Å². The fourth-order valence-electron chi connectivity index (χ4n) is 1.87. The Bertz CT molecular complexity index is 507. The predicted molar refractivity (Wildman–Crippen MR) is 66.4 cm³/mol. The Balaban J connectivity index is 1.92. The molecule has 5 nitrogen and oxygen atoms in total. The van der Waals surface area contributed by atoms with Gasteiger partial charge in [-0.05, 0) is 19.9 Å². The average Bonchev–Trinajstić information content (AvgIpc) is 2.75. The standard InChI is InChI=1S/C12H19N5/c1-9-5-12(17(4)15-9)8-13-6-11-7-14-16(3)10(11)2/h5,7,13H,6,8H2,1-4H3. The van der Waals surface area contributed by atoms with Gasteiger partial charge in [0.15, 0.2) is 0 Å². The number of hydrogen-bond acceptors (Lipinski definition) is 3. The zero-order valence-corrected chi connectivity index (χ0v) is 10.9. The Morgan fingerprint density at radius 2 is 1.94 bits per heavy atom. The van der Waals surface area contributed by atoms with E-state index in [4.69, 9.17) is 0 Å². The van der Waals surface area contributed by atoms with Gasteiger partial charge >= 0.3 is 0 Å². The third-order valence-corrected chi connectivity index (χ3v) is 3.06. The number of aromatic nitrogens is 4. The molecule has 92 valence electrons. The van der Waals surface area contributed by atoms with Gasteiger partial charge in [-0.1, -0.05) is 0 Å². The minimum absolute atomic E-state index is 0.825. The van der Waals surface area contributed by atoms with Gasteiger partial charge in [0.05, 0.1) is 17.6 Å². The van der Waals surface area contributed by atoms with Gasteiger partial charge in [-0.3, -0.25) is 9.36 Å². The Hall–Kier alpha value is -1.62. The van der Waals surface area contributed by atoms with E-state index in [0.29, 0.717) is 0 Å². The summed E-state index contributed by atoms with van der Waals surface area (Å²) < 4.78 is 3.81. The maximum Gasteiger partial charge on any atom is 0.0597 e. The van der Waals surface area contributed by atoms with Gasteiger partial charge in [0, 0.05) is 38.4 Å². The van der Waals surface area contributed by atoms with Gasteiger partial charge in [0.2, 0.25) is 0 Å². The quantitative estimate of drug-likeness (QED) is 0.859. The lowest BCUT2D eigenvalue weighted by molar-refractivity contribution is 0.622. The van der Waals surface area contributed by atoms with Gasteiger partial charge in [-0.2, -0.15) is 10.2 Å². The van der Waals surface area contributed by atoms with Crippen molar-refractivity contribution in [3.8, 4) is 0 Å². The van der Waals surface area contributed by atoms with Crippen LogP contribution in [0.5, 0.6) is 0 Å². The molecule has 1 N–H and O–H groups in total. The average molecular weight is 233 g/mol. The summed E-state index contributed by atoms with van der Waals surface area (Å²) in [5.41, 5.74) is 4.70. The first kappa shape index (κ1) is 11.9. The molecule has 17 heavy (non-hydrogen) atoms. The second-order valence-electron chi connectivity index (χ2n) is 4.38. The highest BCUT2D eigenvalue weighted by Gasteiger charge is 2.04. The van der Waals surface area contributed by atoms with Gasteiger partial charge in [0.25, 0.3) is 0 Å². The number of rotatable bonds is 4. The Morgan fingerprint density at radius 1 is 1.18 bits per heavy atom. The summed E-state index contributed by atoms with van der Waals surface area (Å²) in [6.45, 7) is 5.75. The topological polar surface area (TPSA) is 47.7 Å². The zero-order chi connectivity index (χ0) is 12.4. The summed E-state index contributed by atoms with van der Waals surface area (Å²) in [5, 5.41) is 12.0. The lowest BCUT2D eigenvalue weighted by Gasteiger charge is -2.04. The minimum atomic E-state index is 0.825. The Labute approximate surface area is 101 Å². The molecule has 5 heteroatoms. The molecule has 2 aromatic heterocycles. The molecule has 0 unspecified atom stereocenters. The number of nitrogens with one attached hydrogen (secondary N) is 1. The lowest BCUT2D eigenvalue weighted by atomic mass is 10.2. The van der Waals surface area contributed by atoms with Crippen LogP contribution in [-0.2, 0) is 27.2 Å². The minimum Gasteiger partial charge on any atom is -0.307 e. The van der Waals surface area contributed by atoms with Gasteiger partial charge < -0.3 is 5.32 Å². The predicted octanol–water partition coefficient (Wildman–Crippen LogP) is 1.06. The van der Waals surface area contributed by atoms with E-state index in [0.717, 1.165) is 18.8 Å². The highest BCUT2D eigenvalue weighted by molar-refractivity contribution is 5.15. The van der Waals surface area contributed by atoms with E-state index in [1.54, 1.807) is 0 Å². The molecule has 0 radical (unpaired) electrons. The molecule has 0 aliphatic rings. The fraction of sp³-hybridized carbons (Fsp3) is 0.500. The molecule has 0 spiro atoms. The molecule has 0 bridgehead atoms. The molecule has 2 rings (SSSR count). The number of hydrogen-bond donors (Lipinski definition) is 1. The Morgan fingerprint density at radius 3 is 2.47 bits per heavy atom. The van der Waals surface area contributed by atoms with Crippen LogP contribution in [-0.4, -0.2) is 19.6 Å². The first-order valence-electron chi connectivity index (χ1n) is 5.75. The fourth-order valence-corrected chi connectivity index (χ4v) is 1.87. The van der Waals surface area contributed by atoms with Crippen LogP contribution in [0.25, 0.3) is 0 Å². The molecule has 0 saturated carbocycles. The van der Waals surface area contributed by atoms with Crippen molar-refractivity contribution in [1.82, 2.24) is 24.9 Å². The molecule has 2 heterocycles. The van der Waals surface area contributed by atoms with E-state index < -0.39 is 0 Å². The first-order chi connectivity index (χ1) is 8.08. The molecule has 2 aromatic rings. The summed E-state index contributed by atoms with van der Waals surface area (Å²) in [5.74, 6) is 0. The molecule has 0 fully saturated rings. The zero-order valence-electron chi connectivity index (χ0n) is 10.9. The van der Waals surface area contributed by atoms with Crippen molar-refractivity contribution in [2.24, 2.45) is 14.1 Å². The number of nitrogens with zero attached hydrogens (tertiary/aromatic N) is 4. The molecule has 0 aromatic carbocycles. The summed E-state index contributed by atoms with van der Waals surface area (Å²) in [6.07, 6.45) is 1.91. The van der Waals surface area contributed by atoms with Crippen LogP contribution in [0.3, 0.4) is 0 Å². The SMILES string of the molecule is Cc1cc(CNCc2cnn(C)c2C)n(C)n1. The van der Waals surface area contributed by atoms with E-state index >= 15 is 0 Å². The monoisotopic (exact) mass is 233 g/mol. The molecule has 0 amide bonds. The van der Waals surface area contributed by atoms with E-state index in [1.807, 2.05) is 36.6 Å². The van der Waals surface area contributed by atoms with Crippen LogP contribution in [0.2, 0.25) is 0 Å². The molecular weight excluding hydrogens is 214 g/mol. The van der Waals surface area contributed by atoms with Crippen molar-refractivity contribution >= 4 is 0 Å². The van der Waals surface area contributed by atoms with E-state index in [9.17, 15) is 0 Å². The molecule has 0 aliphatic carbocycles. The van der Waals surface area contributed by atoms with Crippen molar-refractivity contribution in [2.75, 3.05) is 0 Å². The van der Waals surface area contributed by atoms with Crippen molar-refractivity contribution in [3.05, 3.63) is 34.9 Å². The highest BCUT2D eigenvalue weighted by atomic mass is 15.3. The smallest absolute Gasteiger partial charge is 0.0597 e. The second-order valence-corrected chi connectivity index (χ2v) is 4.38. The molecule has 0 saturated heterocycles. The highest BCUT2D eigenvalue weighted by Crippen LogP contribution is 2.06. The normalized spacial score (nSPS) is 11.1. The van der Waals surface area contributed by atoms with E-state index in [2.05, 4.69) is 28.5 Å². The third-order valence-electron chi connectivity index (χ3n) is 3.06. The van der Waals surface area contributed by atoms with Crippen LogP contribution in [0.4, 0.5) is 0 Å². The van der Waals surface area contributed by atoms with Crippen LogP contribution in [0, 0.1) is 13.8 Å². The van der Waals surface area contributed by atoms with Crippen molar-refractivity contribution in [2.45, 2.75) is 26.9 Å². The van der Waals surface area contributed by atoms with E-state index in [-0.39, 0.29) is 0 Å². The van der Waals surface area contributed by atoms with Crippen LogP contribution in [0.1, 0.15) is 22.6 Å². The van der Waals surface area contributed by atoms with Gasteiger partial charge in [0.1, 0.15) is 0 Å². The molecular formula is C12H19N5. The van der Waals surface area contributed by atoms with Gasteiger partial charge in [-0.15, -0.1) is 0 Å².